The van der Waals surface area contributed by atoms with Gasteiger partial charge in [-0.05, 0) is 62.2 Å². The number of piperidine rings is 1. The standard InChI is InChI=1S/C24H31FN2O3/c1-3-22(30-23-10-6-5-9-20(23)25)24(28)26-17-21(27-15-7-4-8-16-27)18-11-13-19(29-2)14-12-18/h5-6,9-14,21-22H,3-4,7-8,15-17H2,1-2H3,(H,26,28). The Bertz CT molecular complexity index is 806. The van der Waals surface area contributed by atoms with Gasteiger partial charge in [0.25, 0.3) is 5.91 Å². The van der Waals surface area contributed by atoms with Crippen LogP contribution in [0.15, 0.2) is 48.5 Å². The van der Waals surface area contributed by atoms with Crippen molar-refractivity contribution in [2.24, 2.45) is 0 Å². The molecule has 2 unspecified atom stereocenters. The molecule has 1 amide bonds. The molecule has 5 nitrogen and oxygen atoms in total. The highest BCUT2D eigenvalue weighted by atomic mass is 19.1. The van der Waals surface area contributed by atoms with Gasteiger partial charge in [0.15, 0.2) is 17.7 Å². The molecule has 2 aromatic carbocycles. The van der Waals surface area contributed by atoms with Gasteiger partial charge in [-0.3, -0.25) is 9.69 Å². The van der Waals surface area contributed by atoms with Crippen LogP contribution in [-0.4, -0.2) is 43.7 Å². The van der Waals surface area contributed by atoms with Crippen LogP contribution in [0.1, 0.15) is 44.2 Å². The van der Waals surface area contributed by atoms with E-state index in [1.807, 2.05) is 19.1 Å². The first-order chi connectivity index (χ1) is 14.6. The summed E-state index contributed by atoms with van der Waals surface area (Å²) in [5.41, 5.74) is 1.14. The van der Waals surface area contributed by atoms with Crippen LogP contribution >= 0.6 is 0 Å². The number of rotatable bonds is 9. The van der Waals surface area contributed by atoms with Crippen LogP contribution in [0, 0.1) is 5.82 Å². The lowest BCUT2D eigenvalue weighted by Crippen LogP contribution is -2.44. The summed E-state index contributed by atoms with van der Waals surface area (Å²) in [5, 5.41) is 3.04. The van der Waals surface area contributed by atoms with Crippen molar-refractivity contribution in [1.29, 1.82) is 0 Å². The third-order valence-electron chi connectivity index (χ3n) is 5.57. The second-order valence-corrected chi connectivity index (χ2v) is 7.58. The lowest BCUT2D eigenvalue weighted by molar-refractivity contribution is -0.128. The van der Waals surface area contributed by atoms with Crippen molar-refractivity contribution in [2.45, 2.75) is 44.8 Å². The van der Waals surface area contributed by atoms with Crippen molar-refractivity contribution >= 4 is 5.91 Å². The first kappa shape index (κ1) is 22.1. The normalized spacial score (nSPS) is 16.5. The van der Waals surface area contributed by atoms with Crippen molar-refractivity contribution in [3.8, 4) is 11.5 Å². The Morgan fingerprint density at radius 1 is 1.10 bits per heavy atom. The minimum atomic E-state index is -0.736. The molecule has 30 heavy (non-hydrogen) atoms. The van der Waals surface area contributed by atoms with Crippen LogP contribution in [-0.2, 0) is 4.79 Å². The summed E-state index contributed by atoms with van der Waals surface area (Å²) < 4.78 is 24.8. The number of ether oxygens (including phenoxy) is 2. The average molecular weight is 415 g/mol. The lowest BCUT2D eigenvalue weighted by Gasteiger charge is -2.35. The first-order valence-electron chi connectivity index (χ1n) is 10.7. The highest BCUT2D eigenvalue weighted by molar-refractivity contribution is 5.81. The van der Waals surface area contributed by atoms with Crippen LogP contribution in [0.5, 0.6) is 11.5 Å². The number of halogens is 1. The fraction of sp³-hybridized carbons (Fsp3) is 0.458. The Kier molecular flexibility index (Phi) is 8.08. The van der Waals surface area contributed by atoms with Crippen molar-refractivity contribution in [3.63, 3.8) is 0 Å². The van der Waals surface area contributed by atoms with Crippen LogP contribution in [0.25, 0.3) is 0 Å². The summed E-state index contributed by atoms with van der Waals surface area (Å²) in [5.74, 6) is 0.219. The highest BCUT2D eigenvalue weighted by Crippen LogP contribution is 2.26. The Balaban J connectivity index is 1.68. The number of carbonyl (C=O) groups is 1. The highest BCUT2D eigenvalue weighted by Gasteiger charge is 2.25. The molecule has 0 spiro atoms. The van der Waals surface area contributed by atoms with Gasteiger partial charge in [0.2, 0.25) is 0 Å². The topological polar surface area (TPSA) is 50.8 Å². The number of para-hydroxylation sites is 1. The fourth-order valence-electron chi connectivity index (χ4n) is 3.84. The predicted octanol–water partition coefficient (Wildman–Crippen LogP) is 4.34. The van der Waals surface area contributed by atoms with Crippen molar-refractivity contribution in [1.82, 2.24) is 10.2 Å². The van der Waals surface area contributed by atoms with E-state index in [9.17, 15) is 9.18 Å². The summed E-state index contributed by atoms with van der Waals surface area (Å²) in [6.07, 6.45) is 3.28. The zero-order valence-electron chi connectivity index (χ0n) is 17.8. The summed E-state index contributed by atoms with van der Waals surface area (Å²) in [4.78, 5) is 15.2. The average Bonchev–Trinajstić information content (AvgIpc) is 2.79. The number of methoxy groups -OCH3 is 1. The SMILES string of the molecule is CCC(Oc1ccccc1F)C(=O)NCC(c1ccc(OC)cc1)N1CCCCC1. The zero-order chi connectivity index (χ0) is 21.3. The Labute approximate surface area is 178 Å². The number of nitrogens with one attached hydrogen (secondary N) is 1. The number of carbonyl (C=O) groups excluding carboxylic acids is 1. The molecule has 6 heteroatoms. The number of nitrogens with zero attached hydrogens (tertiary/aromatic N) is 1. The summed E-state index contributed by atoms with van der Waals surface area (Å²) in [7, 11) is 1.65. The minimum absolute atomic E-state index is 0.0751. The van der Waals surface area contributed by atoms with E-state index in [-0.39, 0.29) is 17.7 Å². The molecule has 162 valence electrons. The second-order valence-electron chi connectivity index (χ2n) is 7.58. The molecule has 0 aromatic heterocycles. The van der Waals surface area contributed by atoms with E-state index >= 15 is 0 Å². The molecule has 1 heterocycles. The molecular formula is C24H31FN2O3. The maximum atomic E-state index is 13.9. The van der Waals surface area contributed by atoms with Crippen molar-refractivity contribution in [2.75, 3.05) is 26.7 Å². The molecule has 0 aliphatic carbocycles. The van der Waals surface area contributed by atoms with E-state index in [0.29, 0.717) is 13.0 Å². The van der Waals surface area contributed by atoms with Gasteiger partial charge in [-0.25, -0.2) is 4.39 Å². The van der Waals surface area contributed by atoms with Gasteiger partial charge in [0, 0.05) is 6.54 Å². The van der Waals surface area contributed by atoms with Gasteiger partial charge < -0.3 is 14.8 Å². The van der Waals surface area contributed by atoms with Crippen molar-refractivity contribution in [3.05, 3.63) is 59.9 Å². The molecule has 0 saturated carbocycles. The summed E-state index contributed by atoms with van der Waals surface area (Å²) in [6.45, 7) is 4.35. The van der Waals surface area contributed by atoms with Crippen LogP contribution < -0.4 is 14.8 Å². The van der Waals surface area contributed by atoms with E-state index < -0.39 is 11.9 Å². The third kappa shape index (κ3) is 5.72. The number of likely N-dealkylation sites (tertiary alicyclic amines) is 1. The second kappa shape index (κ2) is 11.0. The molecule has 1 aliphatic rings. The van der Waals surface area contributed by atoms with Gasteiger partial charge in [-0.15, -0.1) is 0 Å². The number of benzene rings is 2. The molecule has 0 bridgehead atoms. The predicted molar refractivity (Wildman–Crippen MR) is 115 cm³/mol. The van der Waals surface area contributed by atoms with Gasteiger partial charge in [0.1, 0.15) is 5.75 Å². The molecule has 1 saturated heterocycles. The molecule has 1 fully saturated rings. The van der Waals surface area contributed by atoms with Gasteiger partial charge in [-0.1, -0.05) is 37.6 Å². The van der Waals surface area contributed by atoms with Crippen LogP contribution in [0.2, 0.25) is 0 Å². The molecular weight excluding hydrogens is 383 g/mol. The minimum Gasteiger partial charge on any atom is -0.497 e. The number of hydrogen-bond acceptors (Lipinski definition) is 4. The monoisotopic (exact) mass is 414 g/mol. The smallest absolute Gasteiger partial charge is 0.261 e. The van der Waals surface area contributed by atoms with Crippen LogP contribution in [0.3, 0.4) is 0 Å². The van der Waals surface area contributed by atoms with Crippen molar-refractivity contribution < 1.29 is 18.7 Å². The lowest BCUT2D eigenvalue weighted by atomic mass is 10.0. The quantitative estimate of drug-likeness (QED) is 0.663. The van der Waals surface area contributed by atoms with E-state index in [1.54, 1.807) is 25.3 Å². The summed E-state index contributed by atoms with van der Waals surface area (Å²) in [6, 6.07) is 14.2. The Hall–Kier alpha value is -2.60. The Morgan fingerprint density at radius 3 is 2.43 bits per heavy atom. The van der Waals surface area contributed by atoms with Gasteiger partial charge in [0.05, 0.1) is 13.2 Å². The first-order valence-corrected chi connectivity index (χ1v) is 10.7. The molecule has 3 rings (SSSR count). The van der Waals surface area contributed by atoms with E-state index in [2.05, 4.69) is 22.3 Å². The Morgan fingerprint density at radius 2 is 1.80 bits per heavy atom. The number of amides is 1. The van der Waals surface area contributed by atoms with Gasteiger partial charge >= 0.3 is 0 Å². The molecule has 2 aromatic rings. The van der Waals surface area contributed by atoms with Gasteiger partial charge in [-0.2, -0.15) is 0 Å². The van der Waals surface area contributed by atoms with E-state index in [4.69, 9.17) is 9.47 Å². The largest absolute Gasteiger partial charge is 0.497 e. The fourth-order valence-corrected chi connectivity index (χ4v) is 3.84. The number of hydrogen-bond donors (Lipinski definition) is 1. The maximum Gasteiger partial charge on any atom is 0.261 e. The molecule has 1 N–H and O–H groups in total. The molecule has 0 radical (unpaired) electrons. The van der Waals surface area contributed by atoms with E-state index in [1.165, 1.54) is 12.5 Å². The summed E-state index contributed by atoms with van der Waals surface area (Å²) >= 11 is 0. The molecule has 1 aliphatic heterocycles. The maximum absolute atomic E-state index is 13.9. The third-order valence-corrected chi connectivity index (χ3v) is 5.57. The molecule has 2 atom stereocenters. The van der Waals surface area contributed by atoms with Crippen LogP contribution in [0.4, 0.5) is 4.39 Å². The zero-order valence-corrected chi connectivity index (χ0v) is 17.8. The van der Waals surface area contributed by atoms with E-state index in [0.717, 1.165) is 37.2 Å².